The monoisotopic (exact) mass is 547 g/mol. The van der Waals surface area contributed by atoms with Crippen LogP contribution in [0.15, 0.2) is 35.3 Å². The molecule has 0 spiro atoms. The highest BCUT2D eigenvalue weighted by Crippen LogP contribution is 2.50. The number of benzene rings is 2. The van der Waals surface area contributed by atoms with Crippen molar-refractivity contribution in [3.8, 4) is 17.2 Å². The number of phenolic OH excluding ortho intramolecular Hbond substituents is 2. The second-order valence-electron chi connectivity index (χ2n) is 9.98. The van der Waals surface area contributed by atoms with Gasteiger partial charge in [-0.1, -0.05) is 6.07 Å². The molecular formula is C29H29N3O8. The Morgan fingerprint density at radius 1 is 1.10 bits per heavy atom. The van der Waals surface area contributed by atoms with Crippen molar-refractivity contribution in [3.63, 3.8) is 0 Å². The van der Waals surface area contributed by atoms with Crippen molar-refractivity contribution in [3.05, 3.63) is 80.0 Å². The third-order valence-corrected chi connectivity index (χ3v) is 7.67. The van der Waals surface area contributed by atoms with Crippen molar-refractivity contribution in [2.75, 3.05) is 7.11 Å². The van der Waals surface area contributed by atoms with Crippen LogP contribution >= 0.6 is 0 Å². The topological polar surface area (TPSA) is 153 Å². The highest BCUT2D eigenvalue weighted by atomic mass is 16.5. The van der Waals surface area contributed by atoms with Crippen molar-refractivity contribution in [1.29, 1.82) is 0 Å². The van der Waals surface area contributed by atoms with E-state index in [1.807, 2.05) is 0 Å². The molecule has 11 heteroatoms. The molecule has 0 unspecified atom stereocenters. The first kappa shape index (κ1) is 26.9. The number of aromatic hydroxyl groups is 3. The van der Waals surface area contributed by atoms with Crippen molar-refractivity contribution in [2.45, 2.75) is 38.9 Å². The zero-order chi connectivity index (χ0) is 29.0. The third-order valence-electron chi connectivity index (χ3n) is 7.67. The van der Waals surface area contributed by atoms with Gasteiger partial charge < -0.3 is 24.8 Å². The molecule has 40 heavy (non-hydrogen) atoms. The molecule has 1 aliphatic heterocycles. The molecule has 0 amide bonds. The van der Waals surface area contributed by atoms with E-state index in [2.05, 4.69) is 4.98 Å². The normalized spacial score (nSPS) is 15.3. The lowest BCUT2D eigenvalue weighted by atomic mass is 9.83. The summed E-state index contributed by atoms with van der Waals surface area (Å²) in [6.07, 6.45) is 0.320. The number of hydrogen-bond acceptors (Lipinski definition) is 9. The second kappa shape index (κ2) is 9.83. The van der Waals surface area contributed by atoms with E-state index in [0.717, 1.165) is 0 Å². The number of rotatable bonds is 6. The molecule has 3 N–H and O–H groups in total. The van der Waals surface area contributed by atoms with E-state index in [4.69, 9.17) is 9.47 Å². The van der Waals surface area contributed by atoms with Crippen LogP contribution in [0, 0.1) is 6.92 Å². The quantitative estimate of drug-likeness (QED) is 0.244. The molecule has 1 aliphatic rings. The Kier molecular flexibility index (Phi) is 6.62. The zero-order valence-electron chi connectivity index (χ0n) is 22.7. The molecule has 2 aromatic heterocycles. The second-order valence-corrected chi connectivity index (χ2v) is 9.98. The fourth-order valence-electron chi connectivity index (χ4n) is 5.44. The Balaban J connectivity index is 1.78. The van der Waals surface area contributed by atoms with Gasteiger partial charge in [0.05, 0.1) is 42.4 Å². The first-order chi connectivity index (χ1) is 19.0. The largest absolute Gasteiger partial charge is 0.507 e. The number of aromatic nitrogens is 3. The number of carbonyl (C=O) groups excluding carboxylic acids is 2. The van der Waals surface area contributed by atoms with Gasteiger partial charge >= 0.3 is 11.7 Å². The van der Waals surface area contributed by atoms with E-state index >= 15 is 0 Å². The zero-order valence-corrected chi connectivity index (χ0v) is 22.7. The van der Waals surface area contributed by atoms with E-state index in [1.54, 1.807) is 45.4 Å². The third kappa shape index (κ3) is 4.10. The minimum absolute atomic E-state index is 0.0734. The van der Waals surface area contributed by atoms with Gasteiger partial charge in [-0.05, 0) is 37.6 Å². The van der Waals surface area contributed by atoms with Crippen LogP contribution in [0.3, 0.4) is 0 Å². The van der Waals surface area contributed by atoms with Crippen LogP contribution in [-0.4, -0.2) is 48.3 Å². The molecule has 11 nitrogen and oxygen atoms in total. The van der Waals surface area contributed by atoms with Gasteiger partial charge in [0.2, 0.25) is 0 Å². The minimum atomic E-state index is -0.973. The Labute approximate surface area is 228 Å². The Morgan fingerprint density at radius 2 is 1.80 bits per heavy atom. The summed E-state index contributed by atoms with van der Waals surface area (Å²) in [6.45, 7) is 3.01. The van der Waals surface area contributed by atoms with E-state index in [0.29, 0.717) is 33.4 Å². The molecule has 208 valence electrons. The molecule has 5 rings (SSSR count). The fourth-order valence-corrected chi connectivity index (χ4v) is 5.44. The van der Waals surface area contributed by atoms with E-state index < -0.39 is 35.3 Å². The molecule has 2 atom stereocenters. The first-order valence-corrected chi connectivity index (χ1v) is 12.6. The number of nitrogens with zero attached hydrogens (tertiary/aromatic N) is 3. The van der Waals surface area contributed by atoms with Gasteiger partial charge in [0.15, 0.2) is 5.78 Å². The van der Waals surface area contributed by atoms with Crippen LogP contribution in [0.1, 0.15) is 69.2 Å². The Bertz CT molecular complexity index is 1770. The summed E-state index contributed by atoms with van der Waals surface area (Å²) in [5.41, 5.74) is 2.83. The molecule has 0 fully saturated rings. The number of ketones is 1. The standard InChI is InChI=1S/C29H29N3O8/c1-13-25(35)23-16(11-30-13)12-40-28(23)19-9-17(14(2)33)26(36)24(27(19)37)18(10-22(34)39-5)15-6-7-20-21(8-15)32(4)29(38)31(20)3/h6-9,11,18,28,35-37H,10,12H2,1-5H3/t18-,28+/m0/s1. The molecule has 0 saturated heterocycles. The maximum absolute atomic E-state index is 12.7. The van der Waals surface area contributed by atoms with Crippen molar-refractivity contribution in [1.82, 2.24) is 14.1 Å². The fraction of sp³-hybridized carbons (Fsp3) is 0.310. The number of ether oxygens (including phenoxy) is 2. The van der Waals surface area contributed by atoms with Crippen molar-refractivity contribution < 1.29 is 34.4 Å². The molecule has 0 bridgehead atoms. The van der Waals surface area contributed by atoms with Crippen molar-refractivity contribution in [2.24, 2.45) is 14.1 Å². The van der Waals surface area contributed by atoms with E-state index in [1.165, 1.54) is 29.2 Å². The predicted molar refractivity (Wildman–Crippen MR) is 144 cm³/mol. The lowest BCUT2D eigenvalue weighted by Gasteiger charge is -2.24. The number of pyridine rings is 1. The molecule has 0 aliphatic carbocycles. The SMILES string of the molecule is COC(=O)C[C@@H](c1ccc2c(c1)n(C)c(=O)n2C)c1c(O)c(C(C)=O)cc([C@H]2OCc3cnc(C)c(O)c32)c1O. The van der Waals surface area contributed by atoms with Crippen molar-refractivity contribution >= 4 is 22.8 Å². The first-order valence-electron chi connectivity index (χ1n) is 12.6. The molecular weight excluding hydrogens is 518 g/mol. The number of Topliss-reactive ketones (excluding diaryl/α,β-unsaturated/α-hetero) is 1. The van der Waals surface area contributed by atoms with Crippen LogP contribution in [0.4, 0.5) is 0 Å². The average molecular weight is 548 g/mol. The summed E-state index contributed by atoms with van der Waals surface area (Å²) in [7, 11) is 4.48. The highest BCUT2D eigenvalue weighted by molar-refractivity contribution is 5.98. The van der Waals surface area contributed by atoms with Crippen LogP contribution in [0.25, 0.3) is 11.0 Å². The number of methoxy groups -OCH3 is 1. The van der Waals surface area contributed by atoms with Crippen LogP contribution in [0.2, 0.25) is 0 Å². The molecule has 3 heterocycles. The maximum atomic E-state index is 12.7. The lowest BCUT2D eigenvalue weighted by molar-refractivity contribution is -0.140. The number of hydrogen-bond donors (Lipinski definition) is 3. The molecule has 0 radical (unpaired) electrons. The predicted octanol–water partition coefficient (Wildman–Crippen LogP) is 3.21. The van der Waals surface area contributed by atoms with Gasteiger partial charge in [-0.15, -0.1) is 0 Å². The van der Waals surface area contributed by atoms with Crippen LogP contribution < -0.4 is 5.69 Å². The van der Waals surface area contributed by atoms with Gasteiger partial charge in [0.1, 0.15) is 23.4 Å². The van der Waals surface area contributed by atoms with Gasteiger partial charge in [0.25, 0.3) is 0 Å². The van der Waals surface area contributed by atoms with Gasteiger partial charge in [-0.3, -0.25) is 23.7 Å². The van der Waals surface area contributed by atoms with Gasteiger partial charge in [-0.2, -0.15) is 0 Å². The van der Waals surface area contributed by atoms with Crippen LogP contribution in [-0.2, 0) is 35.0 Å². The summed E-state index contributed by atoms with van der Waals surface area (Å²) in [6, 6.07) is 6.44. The van der Waals surface area contributed by atoms with E-state index in [-0.39, 0.29) is 41.2 Å². The number of imidazole rings is 1. The minimum Gasteiger partial charge on any atom is -0.507 e. The van der Waals surface area contributed by atoms with Gasteiger partial charge in [0, 0.05) is 48.5 Å². The smallest absolute Gasteiger partial charge is 0.328 e. The van der Waals surface area contributed by atoms with Gasteiger partial charge in [-0.25, -0.2) is 4.79 Å². The molecule has 0 saturated carbocycles. The maximum Gasteiger partial charge on any atom is 0.328 e. The number of phenols is 2. The molecule has 2 aromatic carbocycles. The summed E-state index contributed by atoms with van der Waals surface area (Å²) in [5, 5.41) is 33.8. The summed E-state index contributed by atoms with van der Waals surface area (Å²) in [5.74, 6) is -3.06. The number of esters is 1. The summed E-state index contributed by atoms with van der Waals surface area (Å²) < 4.78 is 13.8. The van der Waals surface area contributed by atoms with E-state index in [9.17, 15) is 29.7 Å². The number of carbonyl (C=O) groups is 2. The average Bonchev–Trinajstić information content (AvgIpc) is 3.45. The Morgan fingerprint density at radius 3 is 2.48 bits per heavy atom. The number of aryl methyl sites for hydroxylation is 3. The lowest BCUT2D eigenvalue weighted by Crippen LogP contribution is -2.19. The number of fused-ring (bicyclic) bond motifs is 2. The summed E-state index contributed by atoms with van der Waals surface area (Å²) in [4.78, 5) is 42.0. The summed E-state index contributed by atoms with van der Waals surface area (Å²) >= 11 is 0. The van der Waals surface area contributed by atoms with Crippen LogP contribution in [0.5, 0.6) is 17.2 Å². The molecule has 4 aromatic rings. The Hall–Kier alpha value is -4.64. The highest BCUT2D eigenvalue weighted by Gasteiger charge is 2.36.